The number of hydrogen-bond acceptors (Lipinski definition) is 4. The summed E-state index contributed by atoms with van der Waals surface area (Å²) in [6, 6.07) is 7.45. The fourth-order valence-electron chi connectivity index (χ4n) is 2.35. The first-order chi connectivity index (χ1) is 10.2. The molecule has 2 aromatic heterocycles. The third kappa shape index (κ3) is 2.29. The molecule has 2 heterocycles. The van der Waals surface area contributed by atoms with Crippen molar-refractivity contribution in [3.8, 4) is 17.1 Å². The van der Waals surface area contributed by atoms with Crippen LogP contribution in [0.3, 0.4) is 0 Å². The van der Waals surface area contributed by atoms with Crippen molar-refractivity contribution < 1.29 is 4.74 Å². The molecule has 0 spiro atoms. The molecule has 0 aliphatic rings. The lowest BCUT2D eigenvalue weighted by Crippen LogP contribution is -2.10. The molecule has 0 amide bonds. The van der Waals surface area contributed by atoms with Crippen LogP contribution in [0.1, 0.15) is 19.0 Å². The van der Waals surface area contributed by atoms with E-state index in [0.29, 0.717) is 22.6 Å². The summed E-state index contributed by atoms with van der Waals surface area (Å²) in [6.07, 6.45) is 1.76. The first-order valence-electron chi connectivity index (χ1n) is 6.85. The third-order valence-corrected chi connectivity index (χ3v) is 3.35. The fraction of sp³-hybridized carbons (Fsp3) is 0.267. The maximum absolute atomic E-state index is 12.2. The van der Waals surface area contributed by atoms with Gasteiger partial charge in [0.05, 0.1) is 18.4 Å². The minimum absolute atomic E-state index is 0.250. The largest absolute Gasteiger partial charge is 0.496 e. The number of aromatic amines is 2. The van der Waals surface area contributed by atoms with Gasteiger partial charge in [-0.3, -0.25) is 9.89 Å². The average molecular weight is 284 g/mol. The summed E-state index contributed by atoms with van der Waals surface area (Å²) in [5.74, 6) is 1.16. The number of aryl methyl sites for hydroxylation is 1. The zero-order valence-electron chi connectivity index (χ0n) is 11.9. The second-order valence-corrected chi connectivity index (χ2v) is 4.76. The molecule has 0 radical (unpaired) electrons. The molecule has 0 unspecified atom stereocenters. The van der Waals surface area contributed by atoms with Crippen LogP contribution in [0.4, 0.5) is 0 Å². The van der Waals surface area contributed by atoms with E-state index < -0.39 is 0 Å². The summed E-state index contributed by atoms with van der Waals surface area (Å²) in [5, 5.41) is 6.95. The number of nitrogens with zero attached hydrogens (tertiary/aromatic N) is 2. The Morgan fingerprint density at radius 1 is 1.24 bits per heavy atom. The van der Waals surface area contributed by atoms with Gasteiger partial charge in [-0.05, 0) is 18.6 Å². The first-order valence-corrected chi connectivity index (χ1v) is 6.85. The van der Waals surface area contributed by atoms with Gasteiger partial charge in [0.1, 0.15) is 17.1 Å². The number of rotatable bonds is 4. The number of nitrogens with one attached hydrogen (secondary N) is 2. The van der Waals surface area contributed by atoms with E-state index in [1.165, 1.54) is 0 Å². The lowest BCUT2D eigenvalue weighted by molar-refractivity contribution is 0.416. The number of fused-ring (bicyclic) bond motifs is 1. The quantitative estimate of drug-likeness (QED) is 0.769. The van der Waals surface area contributed by atoms with Gasteiger partial charge < -0.3 is 9.72 Å². The van der Waals surface area contributed by atoms with Crippen molar-refractivity contribution in [2.75, 3.05) is 7.11 Å². The van der Waals surface area contributed by atoms with Crippen molar-refractivity contribution in [1.82, 2.24) is 20.2 Å². The van der Waals surface area contributed by atoms with Crippen molar-refractivity contribution in [1.29, 1.82) is 0 Å². The molecular formula is C15H16N4O2. The van der Waals surface area contributed by atoms with Crippen LogP contribution in [0.25, 0.3) is 22.4 Å². The van der Waals surface area contributed by atoms with Gasteiger partial charge in [0.25, 0.3) is 5.56 Å². The normalized spacial score (nSPS) is 11.0. The lowest BCUT2D eigenvalue weighted by Gasteiger charge is -2.07. The smallest absolute Gasteiger partial charge is 0.279 e. The standard InChI is InChI=1S/C15H16N4O2/c1-3-6-10-12-13(19-18-10)15(20)17-14(16-12)9-7-4-5-8-11(9)21-2/h4-5,7-8H,3,6H2,1-2H3,(H,18,19)(H,16,17,20). The summed E-state index contributed by atoms with van der Waals surface area (Å²) in [4.78, 5) is 19.5. The molecule has 3 rings (SSSR count). The van der Waals surface area contributed by atoms with Gasteiger partial charge in [0.15, 0.2) is 5.52 Å². The van der Waals surface area contributed by atoms with Gasteiger partial charge in [0.2, 0.25) is 0 Å². The van der Waals surface area contributed by atoms with Crippen LogP contribution >= 0.6 is 0 Å². The number of H-pyrrole nitrogens is 2. The maximum Gasteiger partial charge on any atom is 0.279 e. The second kappa shape index (κ2) is 5.40. The number of hydrogen-bond donors (Lipinski definition) is 2. The van der Waals surface area contributed by atoms with Gasteiger partial charge in [-0.1, -0.05) is 25.5 Å². The highest BCUT2D eigenvalue weighted by molar-refractivity contribution is 5.79. The molecule has 1 aromatic carbocycles. The minimum Gasteiger partial charge on any atom is -0.496 e. The highest BCUT2D eigenvalue weighted by atomic mass is 16.5. The zero-order chi connectivity index (χ0) is 14.8. The second-order valence-electron chi connectivity index (χ2n) is 4.76. The highest BCUT2D eigenvalue weighted by Gasteiger charge is 2.14. The molecule has 0 atom stereocenters. The van der Waals surface area contributed by atoms with E-state index in [0.717, 1.165) is 24.1 Å². The van der Waals surface area contributed by atoms with E-state index in [1.807, 2.05) is 24.3 Å². The molecule has 0 aliphatic heterocycles. The van der Waals surface area contributed by atoms with E-state index in [-0.39, 0.29) is 5.56 Å². The molecule has 0 saturated heterocycles. The Balaban J connectivity index is 2.24. The van der Waals surface area contributed by atoms with Crippen molar-refractivity contribution >= 4 is 11.0 Å². The highest BCUT2D eigenvalue weighted by Crippen LogP contribution is 2.27. The number of benzene rings is 1. The van der Waals surface area contributed by atoms with Crippen molar-refractivity contribution in [2.24, 2.45) is 0 Å². The molecule has 0 saturated carbocycles. The summed E-state index contributed by atoms with van der Waals surface area (Å²) < 4.78 is 5.33. The van der Waals surface area contributed by atoms with Crippen molar-refractivity contribution in [3.05, 3.63) is 40.3 Å². The zero-order valence-corrected chi connectivity index (χ0v) is 11.9. The van der Waals surface area contributed by atoms with E-state index in [9.17, 15) is 4.79 Å². The van der Waals surface area contributed by atoms with Gasteiger partial charge in [-0.2, -0.15) is 5.10 Å². The average Bonchev–Trinajstić information content (AvgIpc) is 2.91. The Bertz CT molecular complexity index is 835. The SMILES string of the molecule is CCCc1[nH]nc2c(=O)[nH]c(-c3ccccc3OC)nc12. The molecule has 108 valence electrons. The Morgan fingerprint density at radius 2 is 2.05 bits per heavy atom. The third-order valence-electron chi connectivity index (χ3n) is 3.35. The molecular weight excluding hydrogens is 268 g/mol. The summed E-state index contributed by atoms with van der Waals surface area (Å²) >= 11 is 0. The lowest BCUT2D eigenvalue weighted by atomic mass is 10.1. The van der Waals surface area contributed by atoms with E-state index in [2.05, 4.69) is 27.1 Å². The van der Waals surface area contributed by atoms with Crippen LogP contribution in [0.2, 0.25) is 0 Å². The van der Waals surface area contributed by atoms with Crippen molar-refractivity contribution in [2.45, 2.75) is 19.8 Å². The van der Waals surface area contributed by atoms with Gasteiger partial charge in [-0.15, -0.1) is 0 Å². The molecule has 6 heteroatoms. The number of ether oxygens (including phenoxy) is 1. The molecule has 0 fully saturated rings. The number of methoxy groups -OCH3 is 1. The van der Waals surface area contributed by atoms with Crippen LogP contribution in [-0.4, -0.2) is 27.3 Å². The maximum atomic E-state index is 12.2. The molecule has 0 aliphatic carbocycles. The Morgan fingerprint density at radius 3 is 2.81 bits per heavy atom. The number of aromatic nitrogens is 4. The van der Waals surface area contributed by atoms with Crippen molar-refractivity contribution in [3.63, 3.8) is 0 Å². The molecule has 0 bridgehead atoms. The van der Waals surface area contributed by atoms with Crippen LogP contribution in [0.15, 0.2) is 29.1 Å². The van der Waals surface area contributed by atoms with Gasteiger partial charge >= 0.3 is 0 Å². The van der Waals surface area contributed by atoms with E-state index in [4.69, 9.17) is 4.74 Å². The Labute approximate surface area is 121 Å². The summed E-state index contributed by atoms with van der Waals surface area (Å²) in [6.45, 7) is 2.07. The van der Waals surface area contributed by atoms with Gasteiger partial charge in [-0.25, -0.2) is 4.98 Å². The minimum atomic E-state index is -0.250. The molecule has 21 heavy (non-hydrogen) atoms. The Kier molecular flexibility index (Phi) is 3.43. The van der Waals surface area contributed by atoms with E-state index >= 15 is 0 Å². The fourth-order valence-corrected chi connectivity index (χ4v) is 2.35. The van der Waals surface area contributed by atoms with Gasteiger partial charge in [0, 0.05) is 0 Å². The van der Waals surface area contributed by atoms with Crippen LogP contribution in [0.5, 0.6) is 5.75 Å². The van der Waals surface area contributed by atoms with Crippen LogP contribution in [0, 0.1) is 0 Å². The van der Waals surface area contributed by atoms with Crippen LogP contribution < -0.4 is 10.3 Å². The topological polar surface area (TPSA) is 83.7 Å². The Hall–Kier alpha value is -2.63. The van der Waals surface area contributed by atoms with E-state index in [1.54, 1.807) is 7.11 Å². The monoisotopic (exact) mass is 284 g/mol. The summed E-state index contributed by atoms with van der Waals surface area (Å²) in [5.41, 5.74) is 2.36. The predicted octanol–water partition coefficient (Wildman–Crippen LogP) is 2.27. The predicted molar refractivity (Wildman–Crippen MR) is 80.5 cm³/mol. The molecule has 3 aromatic rings. The molecule has 2 N–H and O–H groups in total. The molecule has 6 nitrogen and oxygen atoms in total. The van der Waals surface area contributed by atoms with Crippen LogP contribution in [-0.2, 0) is 6.42 Å². The first kappa shape index (κ1) is 13.4. The summed E-state index contributed by atoms with van der Waals surface area (Å²) in [7, 11) is 1.59. The number of para-hydroxylation sites is 1.